The van der Waals surface area contributed by atoms with Gasteiger partial charge in [0, 0.05) is 27.8 Å². The Bertz CT molecular complexity index is 924. The molecule has 0 amide bonds. The van der Waals surface area contributed by atoms with Crippen LogP contribution in [0.15, 0.2) is 12.4 Å². The molecular formula is C13H12F3IN2O5S. The molecule has 0 atom stereocenters. The van der Waals surface area contributed by atoms with E-state index >= 15 is 0 Å². The Labute approximate surface area is 154 Å². The summed E-state index contributed by atoms with van der Waals surface area (Å²) in [4.78, 5) is 15.8. The van der Waals surface area contributed by atoms with Crippen molar-refractivity contribution in [2.45, 2.75) is 19.0 Å². The predicted octanol–water partition coefficient (Wildman–Crippen LogP) is 2.66. The molecule has 0 aliphatic heterocycles. The van der Waals surface area contributed by atoms with Gasteiger partial charge in [0.05, 0.1) is 24.9 Å². The van der Waals surface area contributed by atoms with Crippen LogP contribution in [0.1, 0.15) is 23.0 Å². The van der Waals surface area contributed by atoms with Crippen LogP contribution < -0.4 is 0 Å². The molecule has 2 aromatic heterocycles. The number of carbonyl (C=O) groups excluding carboxylic acids is 1. The van der Waals surface area contributed by atoms with E-state index in [1.54, 1.807) is 29.5 Å². The molecule has 0 radical (unpaired) electrons. The lowest BCUT2D eigenvalue weighted by atomic mass is 10.1. The molecular weight excluding hydrogens is 480 g/mol. The zero-order valence-electron chi connectivity index (χ0n) is 12.9. The number of alkyl halides is 3. The number of fused-ring (bicyclic) bond motifs is 1. The van der Waals surface area contributed by atoms with Crippen molar-refractivity contribution in [3.8, 4) is 0 Å². The van der Waals surface area contributed by atoms with Gasteiger partial charge in [-0.3, -0.25) is 0 Å². The maximum Gasteiger partial charge on any atom is 0.517 e. The van der Waals surface area contributed by atoms with E-state index in [0.717, 1.165) is 12.4 Å². The molecule has 2 heterocycles. The summed E-state index contributed by atoms with van der Waals surface area (Å²) in [5.74, 6) is -0.779. The fourth-order valence-electron chi connectivity index (χ4n) is 2.18. The molecule has 0 saturated heterocycles. The Kier molecular flexibility index (Phi) is 5.63. The van der Waals surface area contributed by atoms with Gasteiger partial charge in [-0.1, -0.05) is 0 Å². The molecule has 7 nitrogen and oxygen atoms in total. The first-order chi connectivity index (χ1) is 11.6. The number of aromatic nitrogens is 2. The number of carbonyl (C=O) groups is 1. The fraction of sp³-hybridized carbons (Fsp3) is 0.385. The van der Waals surface area contributed by atoms with Gasteiger partial charge in [-0.15, -0.1) is 0 Å². The lowest BCUT2D eigenvalue weighted by Crippen LogP contribution is -2.29. The normalized spacial score (nSPS) is 12.6. The van der Waals surface area contributed by atoms with Crippen LogP contribution in [0.25, 0.3) is 10.9 Å². The Morgan fingerprint density at radius 2 is 2.04 bits per heavy atom. The largest absolute Gasteiger partial charge is 0.517 e. The second kappa shape index (κ2) is 7.07. The third-order valence-corrected chi connectivity index (χ3v) is 5.40. The van der Waals surface area contributed by atoms with Gasteiger partial charge < -0.3 is 9.47 Å². The van der Waals surface area contributed by atoms with Crippen molar-refractivity contribution in [3.63, 3.8) is 0 Å². The van der Waals surface area contributed by atoms with Crippen molar-refractivity contribution in [1.82, 2.24) is 8.96 Å². The molecule has 2 rings (SSSR count). The van der Waals surface area contributed by atoms with Crippen molar-refractivity contribution in [3.05, 3.63) is 27.2 Å². The van der Waals surface area contributed by atoms with Crippen LogP contribution in [0, 0.1) is 3.57 Å². The minimum atomic E-state index is -5.64. The second-order valence-electron chi connectivity index (χ2n) is 4.72. The Morgan fingerprint density at radius 3 is 2.56 bits per heavy atom. The minimum absolute atomic E-state index is 0.0749. The van der Waals surface area contributed by atoms with E-state index < -0.39 is 21.5 Å². The summed E-state index contributed by atoms with van der Waals surface area (Å²) < 4.78 is 72.3. The summed E-state index contributed by atoms with van der Waals surface area (Å²) in [6.45, 7) is 1.50. The van der Waals surface area contributed by atoms with Gasteiger partial charge in [-0.2, -0.15) is 21.6 Å². The van der Waals surface area contributed by atoms with Crippen molar-refractivity contribution in [1.29, 1.82) is 0 Å². The van der Waals surface area contributed by atoms with Crippen LogP contribution in [0.4, 0.5) is 13.2 Å². The van der Waals surface area contributed by atoms with E-state index in [0.29, 0.717) is 0 Å². The Morgan fingerprint density at radius 1 is 1.40 bits per heavy atom. The number of esters is 1. The zero-order chi connectivity index (χ0) is 19.0. The number of methoxy groups -OCH3 is 1. The third-order valence-electron chi connectivity index (χ3n) is 3.18. The van der Waals surface area contributed by atoms with E-state index in [4.69, 9.17) is 9.47 Å². The van der Waals surface area contributed by atoms with E-state index in [9.17, 15) is 26.4 Å². The summed E-state index contributed by atoms with van der Waals surface area (Å²) in [6.07, 6.45) is 1.72. The second-order valence-corrected chi connectivity index (χ2v) is 7.69. The molecule has 0 aliphatic carbocycles. The number of pyridine rings is 1. The van der Waals surface area contributed by atoms with Crippen LogP contribution in [-0.4, -0.2) is 42.6 Å². The van der Waals surface area contributed by atoms with Gasteiger partial charge in [-0.05, 0) is 29.5 Å². The standard InChI is InChI=1S/C13H12F3IN2O5S/c1-3-24-12(20)11-7(6-23-2)10-8(17)5-19(9(10)4-18-11)25(21,22)13(14,15)16/h4-5H,3,6H2,1-2H3. The van der Waals surface area contributed by atoms with Crippen molar-refractivity contribution < 1.29 is 35.9 Å². The molecule has 0 fully saturated rings. The molecule has 12 heteroatoms. The first kappa shape index (κ1) is 19.9. The molecule has 0 aliphatic rings. The minimum Gasteiger partial charge on any atom is -0.461 e. The molecule has 25 heavy (non-hydrogen) atoms. The Balaban J connectivity index is 2.83. The first-order valence-corrected chi connectivity index (χ1v) is 9.24. The summed E-state index contributed by atoms with van der Waals surface area (Å²) in [6, 6.07) is 0. The van der Waals surface area contributed by atoms with Gasteiger partial charge in [0.2, 0.25) is 0 Å². The number of rotatable bonds is 5. The zero-order valence-corrected chi connectivity index (χ0v) is 15.9. The Hall–Kier alpha value is -1.41. The highest BCUT2D eigenvalue weighted by Crippen LogP contribution is 2.34. The fourth-order valence-corrected chi connectivity index (χ4v) is 4.12. The van der Waals surface area contributed by atoms with Gasteiger partial charge in [0.1, 0.15) is 0 Å². The average molecular weight is 492 g/mol. The SMILES string of the molecule is CCOC(=O)c1ncc2c(c(I)cn2S(=O)(=O)C(F)(F)F)c1COC. The van der Waals surface area contributed by atoms with E-state index in [1.165, 1.54) is 7.11 Å². The molecule has 0 aromatic carbocycles. The summed E-state index contributed by atoms with van der Waals surface area (Å²) in [7, 11) is -4.32. The molecule has 138 valence electrons. The number of halogens is 4. The molecule has 0 unspecified atom stereocenters. The van der Waals surface area contributed by atoms with Gasteiger partial charge >= 0.3 is 21.5 Å². The number of hydrogen-bond acceptors (Lipinski definition) is 6. The van der Waals surface area contributed by atoms with Gasteiger partial charge in [0.25, 0.3) is 0 Å². The molecule has 0 spiro atoms. The number of ether oxygens (including phenoxy) is 2. The van der Waals surface area contributed by atoms with Crippen LogP contribution in [0.3, 0.4) is 0 Å². The monoisotopic (exact) mass is 492 g/mol. The smallest absolute Gasteiger partial charge is 0.461 e. The summed E-state index contributed by atoms with van der Waals surface area (Å²) in [5, 5.41) is 0.133. The lowest BCUT2D eigenvalue weighted by Gasteiger charge is -2.12. The quantitative estimate of drug-likeness (QED) is 0.472. The third kappa shape index (κ3) is 3.46. The molecule has 0 N–H and O–H groups in total. The van der Waals surface area contributed by atoms with E-state index in [1.807, 2.05) is 0 Å². The molecule has 2 aromatic rings. The predicted molar refractivity (Wildman–Crippen MR) is 89.5 cm³/mol. The van der Waals surface area contributed by atoms with Crippen molar-refractivity contribution >= 4 is 49.5 Å². The van der Waals surface area contributed by atoms with Crippen LogP contribution in [0.2, 0.25) is 0 Å². The summed E-state index contributed by atoms with van der Waals surface area (Å²) in [5.41, 5.74) is -5.78. The maximum absolute atomic E-state index is 12.9. The van der Waals surface area contributed by atoms with Crippen LogP contribution in [0.5, 0.6) is 0 Å². The van der Waals surface area contributed by atoms with Crippen molar-refractivity contribution in [2.75, 3.05) is 13.7 Å². The number of nitrogens with zero attached hydrogens (tertiary/aromatic N) is 2. The summed E-state index contributed by atoms with van der Waals surface area (Å²) >= 11 is 1.69. The molecule has 0 bridgehead atoms. The van der Waals surface area contributed by atoms with Gasteiger partial charge in [-0.25, -0.2) is 13.8 Å². The van der Waals surface area contributed by atoms with E-state index in [2.05, 4.69) is 4.98 Å². The van der Waals surface area contributed by atoms with Crippen molar-refractivity contribution in [2.24, 2.45) is 0 Å². The average Bonchev–Trinajstić information content (AvgIpc) is 2.85. The topological polar surface area (TPSA) is 87.5 Å². The highest BCUT2D eigenvalue weighted by atomic mass is 127. The lowest BCUT2D eigenvalue weighted by molar-refractivity contribution is -0.0445. The highest BCUT2D eigenvalue weighted by molar-refractivity contribution is 14.1. The van der Waals surface area contributed by atoms with Gasteiger partial charge in [0.15, 0.2) is 5.69 Å². The van der Waals surface area contributed by atoms with E-state index in [-0.39, 0.29) is 42.9 Å². The van der Waals surface area contributed by atoms with Crippen LogP contribution in [-0.2, 0) is 26.1 Å². The maximum atomic E-state index is 12.9. The van der Waals surface area contributed by atoms with Crippen LogP contribution >= 0.6 is 22.6 Å². The molecule has 0 saturated carbocycles. The highest BCUT2D eigenvalue weighted by Gasteiger charge is 2.48. The number of hydrogen-bond donors (Lipinski definition) is 0. The first-order valence-electron chi connectivity index (χ1n) is 6.72.